The second-order valence-electron chi connectivity index (χ2n) is 5.04. The third-order valence-electron chi connectivity index (χ3n) is 2.82. The van der Waals surface area contributed by atoms with Crippen molar-refractivity contribution in [2.45, 2.75) is 32.6 Å². The summed E-state index contributed by atoms with van der Waals surface area (Å²) in [5.41, 5.74) is 0. The first-order valence-corrected chi connectivity index (χ1v) is 6.97. The molecule has 0 aliphatic heterocycles. The molecular formula is C11H15N5OS. The highest BCUT2D eigenvalue weighted by molar-refractivity contribution is 7.18. The van der Waals surface area contributed by atoms with Gasteiger partial charge < -0.3 is 5.32 Å². The molecule has 6 nitrogen and oxygen atoms in total. The van der Waals surface area contributed by atoms with E-state index in [2.05, 4.69) is 34.5 Å². The zero-order valence-corrected chi connectivity index (χ0v) is 11.2. The number of fused-ring (bicyclic) bond motifs is 1. The van der Waals surface area contributed by atoms with Gasteiger partial charge in [-0.1, -0.05) is 25.2 Å². The molecule has 0 spiro atoms. The lowest BCUT2D eigenvalue weighted by Gasteiger charge is -2.04. The van der Waals surface area contributed by atoms with E-state index < -0.39 is 0 Å². The zero-order chi connectivity index (χ0) is 12.7. The summed E-state index contributed by atoms with van der Waals surface area (Å²) in [5, 5.41) is 15.8. The van der Waals surface area contributed by atoms with Crippen molar-refractivity contribution in [3.63, 3.8) is 0 Å². The normalized spacial score (nSPS) is 15.5. The molecule has 96 valence electrons. The van der Waals surface area contributed by atoms with Crippen LogP contribution in [0.25, 0.3) is 4.96 Å². The van der Waals surface area contributed by atoms with Gasteiger partial charge in [-0.25, -0.2) is 0 Å². The van der Waals surface area contributed by atoms with Crippen LogP contribution in [0.15, 0.2) is 0 Å². The fraction of sp³-hybridized carbons (Fsp3) is 0.636. The van der Waals surface area contributed by atoms with Crippen LogP contribution in [0.4, 0.5) is 0 Å². The van der Waals surface area contributed by atoms with E-state index in [9.17, 15) is 4.79 Å². The van der Waals surface area contributed by atoms with Gasteiger partial charge in [-0.15, -0.1) is 15.3 Å². The standard InChI is InChI=1S/C11H15N5OS/c1-6(2)5-12-9(17)10-15-16-8(7-3-4-7)13-14-11(16)18-10/h6-7H,3-5H2,1-2H3,(H,12,17). The summed E-state index contributed by atoms with van der Waals surface area (Å²) in [7, 11) is 0. The first-order chi connectivity index (χ1) is 8.65. The van der Waals surface area contributed by atoms with E-state index >= 15 is 0 Å². The molecule has 1 N–H and O–H groups in total. The zero-order valence-electron chi connectivity index (χ0n) is 10.4. The maximum atomic E-state index is 11.9. The highest BCUT2D eigenvalue weighted by Crippen LogP contribution is 2.39. The predicted octanol–water partition coefficient (Wildman–Crippen LogP) is 1.45. The van der Waals surface area contributed by atoms with Crippen molar-refractivity contribution in [1.82, 2.24) is 25.1 Å². The molecule has 2 aromatic heterocycles. The first-order valence-electron chi connectivity index (χ1n) is 6.15. The van der Waals surface area contributed by atoms with Crippen LogP contribution in [0.5, 0.6) is 0 Å². The maximum absolute atomic E-state index is 11.9. The number of nitrogens with one attached hydrogen (secondary N) is 1. The van der Waals surface area contributed by atoms with Crippen molar-refractivity contribution in [3.8, 4) is 0 Å². The second-order valence-corrected chi connectivity index (χ2v) is 5.99. The SMILES string of the molecule is CC(C)CNC(=O)c1nn2c(C3CC3)nnc2s1. The number of carbonyl (C=O) groups is 1. The third-order valence-corrected chi connectivity index (χ3v) is 3.72. The molecule has 3 rings (SSSR count). The Hall–Kier alpha value is -1.50. The Balaban J connectivity index is 1.82. The van der Waals surface area contributed by atoms with Crippen LogP contribution in [-0.4, -0.2) is 32.3 Å². The predicted molar refractivity (Wildman–Crippen MR) is 67.8 cm³/mol. The molecule has 1 amide bonds. The fourth-order valence-corrected chi connectivity index (χ4v) is 2.46. The summed E-state index contributed by atoms with van der Waals surface area (Å²) >= 11 is 1.29. The van der Waals surface area contributed by atoms with Crippen LogP contribution in [0.1, 0.15) is 48.2 Å². The number of hydrogen-bond acceptors (Lipinski definition) is 5. The van der Waals surface area contributed by atoms with E-state index in [0.29, 0.717) is 28.3 Å². The van der Waals surface area contributed by atoms with Crippen LogP contribution >= 0.6 is 11.3 Å². The van der Waals surface area contributed by atoms with Crippen LogP contribution < -0.4 is 5.32 Å². The lowest BCUT2D eigenvalue weighted by molar-refractivity contribution is 0.0947. The van der Waals surface area contributed by atoms with Gasteiger partial charge >= 0.3 is 0 Å². The van der Waals surface area contributed by atoms with Gasteiger partial charge in [0.05, 0.1) is 0 Å². The minimum Gasteiger partial charge on any atom is -0.350 e. The maximum Gasteiger partial charge on any atom is 0.282 e. The van der Waals surface area contributed by atoms with Gasteiger partial charge in [-0.3, -0.25) is 4.79 Å². The minimum atomic E-state index is -0.124. The highest BCUT2D eigenvalue weighted by Gasteiger charge is 2.30. The number of rotatable bonds is 4. The Morgan fingerprint density at radius 2 is 2.28 bits per heavy atom. The number of nitrogens with zero attached hydrogens (tertiary/aromatic N) is 4. The lowest BCUT2D eigenvalue weighted by atomic mass is 10.2. The number of aromatic nitrogens is 4. The molecule has 0 atom stereocenters. The number of amides is 1. The monoisotopic (exact) mass is 265 g/mol. The molecule has 1 saturated carbocycles. The van der Waals surface area contributed by atoms with Gasteiger partial charge in [0.15, 0.2) is 5.82 Å². The van der Waals surface area contributed by atoms with Crippen molar-refractivity contribution in [1.29, 1.82) is 0 Å². The molecule has 18 heavy (non-hydrogen) atoms. The summed E-state index contributed by atoms with van der Waals surface area (Å²) in [4.78, 5) is 12.6. The molecule has 2 heterocycles. The molecule has 1 fully saturated rings. The molecule has 0 saturated heterocycles. The fourth-order valence-electron chi connectivity index (χ4n) is 1.69. The molecule has 0 unspecified atom stereocenters. The quantitative estimate of drug-likeness (QED) is 0.908. The van der Waals surface area contributed by atoms with Crippen molar-refractivity contribution in [3.05, 3.63) is 10.8 Å². The highest BCUT2D eigenvalue weighted by atomic mass is 32.1. The van der Waals surface area contributed by atoms with Crippen molar-refractivity contribution < 1.29 is 4.79 Å². The van der Waals surface area contributed by atoms with E-state index in [-0.39, 0.29) is 5.91 Å². The smallest absolute Gasteiger partial charge is 0.282 e. The summed E-state index contributed by atoms with van der Waals surface area (Å²) < 4.78 is 1.71. The van der Waals surface area contributed by atoms with Crippen LogP contribution in [0, 0.1) is 5.92 Å². The Morgan fingerprint density at radius 3 is 2.94 bits per heavy atom. The van der Waals surface area contributed by atoms with E-state index in [1.807, 2.05) is 0 Å². The van der Waals surface area contributed by atoms with Gasteiger partial charge in [0.25, 0.3) is 5.91 Å². The van der Waals surface area contributed by atoms with E-state index in [4.69, 9.17) is 0 Å². The molecule has 7 heteroatoms. The van der Waals surface area contributed by atoms with Crippen molar-refractivity contribution in [2.75, 3.05) is 6.54 Å². The van der Waals surface area contributed by atoms with Gasteiger partial charge in [0, 0.05) is 12.5 Å². The number of carbonyl (C=O) groups excluding carboxylic acids is 1. The molecule has 1 aliphatic carbocycles. The Morgan fingerprint density at radius 1 is 1.50 bits per heavy atom. The minimum absolute atomic E-state index is 0.124. The molecule has 1 aliphatic rings. The lowest BCUT2D eigenvalue weighted by Crippen LogP contribution is -2.27. The largest absolute Gasteiger partial charge is 0.350 e. The van der Waals surface area contributed by atoms with Gasteiger partial charge in [0.2, 0.25) is 9.97 Å². The van der Waals surface area contributed by atoms with Crippen LogP contribution in [0.2, 0.25) is 0 Å². The summed E-state index contributed by atoms with van der Waals surface area (Å²) in [6.07, 6.45) is 2.29. The van der Waals surface area contributed by atoms with Crippen molar-refractivity contribution >= 4 is 22.2 Å². The average Bonchev–Trinajstić information content (AvgIpc) is 2.95. The topological polar surface area (TPSA) is 72.2 Å². The van der Waals surface area contributed by atoms with Gasteiger partial charge in [0.1, 0.15) is 0 Å². The molecular weight excluding hydrogens is 250 g/mol. The van der Waals surface area contributed by atoms with Crippen LogP contribution in [-0.2, 0) is 0 Å². The van der Waals surface area contributed by atoms with E-state index in [0.717, 1.165) is 18.7 Å². The van der Waals surface area contributed by atoms with E-state index in [1.165, 1.54) is 11.3 Å². The molecule has 0 bridgehead atoms. The molecule has 0 radical (unpaired) electrons. The summed E-state index contributed by atoms with van der Waals surface area (Å²) in [6, 6.07) is 0. The van der Waals surface area contributed by atoms with Gasteiger partial charge in [-0.2, -0.15) is 4.52 Å². The van der Waals surface area contributed by atoms with Gasteiger partial charge in [-0.05, 0) is 18.8 Å². The van der Waals surface area contributed by atoms with Crippen LogP contribution in [0.3, 0.4) is 0 Å². The van der Waals surface area contributed by atoms with E-state index in [1.54, 1.807) is 4.52 Å². The Bertz CT molecular complexity index is 583. The molecule has 2 aromatic rings. The first kappa shape index (κ1) is 11.6. The second kappa shape index (κ2) is 4.31. The van der Waals surface area contributed by atoms with Crippen molar-refractivity contribution in [2.24, 2.45) is 5.92 Å². The third kappa shape index (κ3) is 2.10. The summed E-state index contributed by atoms with van der Waals surface area (Å²) in [5.74, 6) is 1.68. The Labute approximate surface area is 108 Å². The average molecular weight is 265 g/mol. The summed E-state index contributed by atoms with van der Waals surface area (Å²) in [6.45, 7) is 4.78. The molecule has 0 aromatic carbocycles. The Kier molecular flexibility index (Phi) is 2.77. The number of hydrogen-bond donors (Lipinski definition) is 1.